The molecule has 8 heavy (non-hydrogen) atoms. The largest absolute Gasteiger partial charge is 0.307 e. The van der Waals surface area contributed by atoms with Crippen molar-refractivity contribution in [2.45, 2.75) is 13.8 Å². The lowest BCUT2D eigenvalue weighted by molar-refractivity contribution is 1.25. The van der Waals surface area contributed by atoms with E-state index in [1.165, 1.54) is 0 Å². The van der Waals surface area contributed by atoms with E-state index in [0.29, 0.717) is 5.71 Å². The van der Waals surface area contributed by atoms with E-state index in [9.17, 15) is 0 Å². The second-order valence-electron chi connectivity index (χ2n) is 1.26. The Bertz CT molecular complexity index is 124. The Labute approximate surface area is 48.6 Å². The summed E-state index contributed by atoms with van der Waals surface area (Å²) in [4.78, 5) is 0. The molecular weight excluding hydrogens is 102 g/mol. The van der Waals surface area contributed by atoms with E-state index in [0.717, 1.165) is 6.21 Å². The number of nitrogens with zero attached hydrogens (tertiary/aromatic N) is 2. The highest BCUT2D eigenvalue weighted by molar-refractivity contribution is 6.28. The van der Waals surface area contributed by atoms with Gasteiger partial charge in [-0.3, -0.25) is 0 Å². The molecule has 3 heteroatoms. The molecule has 44 valence electrons. The highest BCUT2D eigenvalue weighted by atomic mass is 15.2. The van der Waals surface area contributed by atoms with Crippen molar-refractivity contribution in [3.8, 4) is 0 Å². The molecule has 0 bridgehead atoms. The predicted molar refractivity (Wildman–Crippen MR) is 36.1 cm³/mol. The minimum absolute atomic E-state index is 0.614. The monoisotopic (exact) mass is 111 g/mol. The predicted octanol–water partition coefficient (Wildman–Crippen LogP) is 1.10. The minimum atomic E-state index is 0.614. The fraction of sp³-hybridized carbons (Fsp3) is 0.400. The summed E-state index contributed by atoms with van der Waals surface area (Å²) in [6, 6.07) is 0. The third-order valence-electron chi connectivity index (χ3n) is 0.540. The average molecular weight is 111 g/mol. The van der Waals surface area contributed by atoms with Gasteiger partial charge in [-0.15, -0.1) is 0 Å². The lowest BCUT2D eigenvalue weighted by Gasteiger charge is -1.78. The van der Waals surface area contributed by atoms with Gasteiger partial charge in [0.1, 0.15) is 0 Å². The number of hydrogen-bond acceptors (Lipinski definition) is 3. The molecule has 0 saturated carbocycles. The highest BCUT2D eigenvalue weighted by Crippen LogP contribution is 1.71. The SMILES string of the molecule is C/C=N\N=C(\C)C=N. The van der Waals surface area contributed by atoms with Crippen LogP contribution in [0.2, 0.25) is 0 Å². The zero-order chi connectivity index (χ0) is 6.41. The van der Waals surface area contributed by atoms with Crippen LogP contribution in [0.5, 0.6) is 0 Å². The van der Waals surface area contributed by atoms with E-state index in [2.05, 4.69) is 10.2 Å². The van der Waals surface area contributed by atoms with E-state index >= 15 is 0 Å². The summed E-state index contributed by atoms with van der Waals surface area (Å²) >= 11 is 0. The fourth-order valence-corrected chi connectivity index (χ4v) is 0.178. The van der Waals surface area contributed by atoms with Gasteiger partial charge in [-0.25, -0.2) is 0 Å². The molecule has 0 unspecified atom stereocenters. The summed E-state index contributed by atoms with van der Waals surface area (Å²) in [5.41, 5.74) is 0.614. The Morgan fingerprint density at radius 2 is 2.25 bits per heavy atom. The molecule has 0 fully saturated rings. The van der Waals surface area contributed by atoms with Crippen molar-refractivity contribution in [2.75, 3.05) is 0 Å². The van der Waals surface area contributed by atoms with Crippen LogP contribution in [0.4, 0.5) is 0 Å². The van der Waals surface area contributed by atoms with Gasteiger partial charge in [0, 0.05) is 12.4 Å². The van der Waals surface area contributed by atoms with Gasteiger partial charge in [-0.05, 0) is 13.8 Å². The van der Waals surface area contributed by atoms with Crippen LogP contribution < -0.4 is 0 Å². The standard InChI is InChI=1S/C5H9N3/c1-3-7-8-5(2)4-6/h3-4,6H,1-2H3/b6-4?,7-3-,8-5-. The molecule has 0 spiro atoms. The molecule has 0 aliphatic carbocycles. The first-order valence-electron chi connectivity index (χ1n) is 2.34. The van der Waals surface area contributed by atoms with Gasteiger partial charge >= 0.3 is 0 Å². The van der Waals surface area contributed by atoms with Crippen LogP contribution in [0.3, 0.4) is 0 Å². The second kappa shape index (κ2) is 4.18. The van der Waals surface area contributed by atoms with Gasteiger partial charge in [0.05, 0.1) is 5.71 Å². The van der Waals surface area contributed by atoms with Crippen LogP contribution in [0.15, 0.2) is 10.2 Å². The van der Waals surface area contributed by atoms with Crippen LogP contribution >= 0.6 is 0 Å². The highest BCUT2D eigenvalue weighted by Gasteiger charge is 1.75. The quantitative estimate of drug-likeness (QED) is 0.410. The van der Waals surface area contributed by atoms with Crippen LogP contribution in [0.1, 0.15) is 13.8 Å². The van der Waals surface area contributed by atoms with Crippen LogP contribution in [0.25, 0.3) is 0 Å². The van der Waals surface area contributed by atoms with Crippen LogP contribution in [0, 0.1) is 5.41 Å². The van der Waals surface area contributed by atoms with Crippen molar-refractivity contribution in [3.05, 3.63) is 0 Å². The Morgan fingerprint density at radius 3 is 2.62 bits per heavy atom. The molecular formula is C5H9N3. The van der Waals surface area contributed by atoms with E-state index in [-0.39, 0.29) is 0 Å². The first-order valence-corrected chi connectivity index (χ1v) is 2.34. The third-order valence-corrected chi connectivity index (χ3v) is 0.540. The molecule has 0 amide bonds. The Morgan fingerprint density at radius 1 is 1.62 bits per heavy atom. The van der Waals surface area contributed by atoms with Gasteiger partial charge in [0.2, 0.25) is 0 Å². The average Bonchev–Trinajstić information content (AvgIpc) is 1.83. The second-order valence-corrected chi connectivity index (χ2v) is 1.26. The maximum atomic E-state index is 6.66. The van der Waals surface area contributed by atoms with Crippen molar-refractivity contribution in [2.24, 2.45) is 10.2 Å². The Hall–Kier alpha value is -0.990. The van der Waals surface area contributed by atoms with Crippen molar-refractivity contribution in [3.63, 3.8) is 0 Å². The smallest absolute Gasteiger partial charge is 0.0774 e. The van der Waals surface area contributed by atoms with E-state index in [4.69, 9.17) is 5.41 Å². The van der Waals surface area contributed by atoms with Gasteiger partial charge in [0.15, 0.2) is 0 Å². The third kappa shape index (κ3) is 3.21. The van der Waals surface area contributed by atoms with E-state index in [1.807, 2.05) is 0 Å². The molecule has 0 aromatic heterocycles. The maximum Gasteiger partial charge on any atom is 0.0774 e. The molecule has 0 radical (unpaired) electrons. The molecule has 0 aromatic rings. The molecule has 0 aliphatic heterocycles. The number of nitrogens with one attached hydrogen (secondary N) is 1. The zero-order valence-corrected chi connectivity index (χ0v) is 5.05. The summed E-state index contributed by atoms with van der Waals surface area (Å²) in [5.74, 6) is 0. The van der Waals surface area contributed by atoms with E-state index in [1.54, 1.807) is 20.1 Å². The number of hydrogen-bond donors (Lipinski definition) is 1. The van der Waals surface area contributed by atoms with Crippen LogP contribution in [-0.4, -0.2) is 18.1 Å². The molecule has 0 saturated heterocycles. The molecule has 0 atom stereocenters. The van der Waals surface area contributed by atoms with Crippen molar-refractivity contribution >= 4 is 18.1 Å². The molecule has 0 rings (SSSR count). The summed E-state index contributed by atoms with van der Waals surface area (Å²) < 4.78 is 0. The topological polar surface area (TPSA) is 48.6 Å². The summed E-state index contributed by atoms with van der Waals surface area (Å²) in [7, 11) is 0. The van der Waals surface area contributed by atoms with Gasteiger partial charge in [0.25, 0.3) is 0 Å². The fourth-order valence-electron chi connectivity index (χ4n) is 0.178. The molecule has 3 nitrogen and oxygen atoms in total. The van der Waals surface area contributed by atoms with Crippen molar-refractivity contribution in [1.29, 1.82) is 5.41 Å². The summed E-state index contributed by atoms with van der Waals surface area (Å²) in [6.07, 6.45) is 2.74. The lowest BCUT2D eigenvalue weighted by atomic mass is 10.5. The maximum absolute atomic E-state index is 6.66. The van der Waals surface area contributed by atoms with Gasteiger partial charge < -0.3 is 5.41 Å². The minimum Gasteiger partial charge on any atom is -0.307 e. The first-order chi connectivity index (χ1) is 3.81. The number of rotatable bonds is 2. The van der Waals surface area contributed by atoms with E-state index < -0.39 is 0 Å². The van der Waals surface area contributed by atoms with Crippen molar-refractivity contribution < 1.29 is 0 Å². The van der Waals surface area contributed by atoms with Crippen LogP contribution in [-0.2, 0) is 0 Å². The molecule has 0 heterocycles. The summed E-state index contributed by atoms with van der Waals surface area (Å²) in [5, 5.41) is 13.8. The summed E-state index contributed by atoms with van der Waals surface area (Å²) in [6.45, 7) is 3.50. The van der Waals surface area contributed by atoms with Crippen molar-refractivity contribution in [1.82, 2.24) is 0 Å². The first kappa shape index (κ1) is 7.01. The lowest BCUT2D eigenvalue weighted by Crippen LogP contribution is -1.87. The Kier molecular flexibility index (Phi) is 3.66. The van der Waals surface area contributed by atoms with Gasteiger partial charge in [-0.1, -0.05) is 0 Å². The zero-order valence-electron chi connectivity index (χ0n) is 5.05. The Balaban J connectivity index is 3.74. The molecule has 0 aliphatic rings. The molecule has 1 N–H and O–H groups in total. The molecule has 0 aromatic carbocycles. The van der Waals surface area contributed by atoms with Gasteiger partial charge in [-0.2, -0.15) is 10.2 Å². The normalized spacial score (nSPS) is 12.5.